The van der Waals surface area contributed by atoms with Gasteiger partial charge >= 0.3 is 0 Å². The van der Waals surface area contributed by atoms with Gasteiger partial charge in [0.15, 0.2) is 12.6 Å². The molecule has 1 aliphatic heterocycles. The summed E-state index contributed by atoms with van der Waals surface area (Å²) >= 11 is 0. The van der Waals surface area contributed by atoms with E-state index in [-0.39, 0.29) is 19.9 Å². The number of amides is 1. The van der Waals surface area contributed by atoms with Gasteiger partial charge in [-0.05, 0) is 67.8 Å². The first-order valence-corrected chi connectivity index (χ1v) is 10.2. The minimum absolute atomic E-state index is 0.00866. The second-order valence-electron chi connectivity index (χ2n) is 7.63. The van der Waals surface area contributed by atoms with E-state index in [1.807, 2.05) is 49.9 Å². The third-order valence-electron chi connectivity index (χ3n) is 5.10. The van der Waals surface area contributed by atoms with Crippen LogP contribution >= 0.6 is 0 Å². The molecule has 32 heavy (non-hydrogen) atoms. The van der Waals surface area contributed by atoms with Crippen LogP contribution in [-0.4, -0.2) is 60.8 Å². The standard InChI is InChI=1S/C23H27N3O6/c1-14-8-19(5-4-17(14)10-27)26-13-32-25-23(26)18-6-15(2)22(16(3)7-18)31-12-20(29)9-24-21(30)11-28/h4-8,10,20,28-29H,9,11-13H2,1-3H3,(H,24,30). The molecule has 0 aliphatic carbocycles. The molecular weight excluding hydrogens is 414 g/mol. The van der Waals surface area contributed by atoms with E-state index in [1.54, 1.807) is 6.07 Å². The number of hydrogen-bond donors (Lipinski definition) is 3. The Morgan fingerprint density at radius 3 is 2.59 bits per heavy atom. The number of rotatable bonds is 9. The quantitative estimate of drug-likeness (QED) is 0.504. The van der Waals surface area contributed by atoms with E-state index < -0.39 is 18.6 Å². The molecule has 2 aromatic carbocycles. The summed E-state index contributed by atoms with van der Waals surface area (Å²) in [5.41, 5.74) is 4.93. The van der Waals surface area contributed by atoms with E-state index in [2.05, 4.69) is 10.5 Å². The zero-order valence-electron chi connectivity index (χ0n) is 18.3. The van der Waals surface area contributed by atoms with Crippen LogP contribution in [0.5, 0.6) is 5.75 Å². The Morgan fingerprint density at radius 2 is 1.97 bits per heavy atom. The number of aliphatic hydroxyl groups excluding tert-OH is 2. The van der Waals surface area contributed by atoms with E-state index in [0.717, 1.165) is 34.2 Å². The zero-order valence-corrected chi connectivity index (χ0v) is 18.3. The molecule has 9 heteroatoms. The Balaban J connectivity index is 1.74. The Bertz CT molecular complexity index is 1010. The number of oxime groups is 1. The predicted octanol–water partition coefficient (Wildman–Crippen LogP) is 1.43. The zero-order chi connectivity index (χ0) is 23.3. The molecule has 2 aromatic rings. The third-order valence-corrected chi connectivity index (χ3v) is 5.10. The van der Waals surface area contributed by atoms with Gasteiger partial charge in [-0.2, -0.15) is 0 Å². The number of carbonyl (C=O) groups is 2. The van der Waals surface area contributed by atoms with Crippen LogP contribution in [0.1, 0.15) is 32.6 Å². The predicted molar refractivity (Wildman–Crippen MR) is 119 cm³/mol. The smallest absolute Gasteiger partial charge is 0.245 e. The molecular formula is C23H27N3O6. The molecule has 0 fully saturated rings. The molecule has 3 N–H and O–H groups in total. The molecule has 0 radical (unpaired) electrons. The summed E-state index contributed by atoms with van der Waals surface area (Å²) in [6.07, 6.45) is -0.0815. The average molecular weight is 441 g/mol. The van der Waals surface area contributed by atoms with Crippen LogP contribution in [0.3, 0.4) is 0 Å². The molecule has 3 rings (SSSR count). The van der Waals surface area contributed by atoms with Crippen molar-refractivity contribution in [3.63, 3.8) is 0 Å². The summed E-state index contributed by atoms with van der Waals surface area (Å²) in [4.78, 5) is 29.5. The van der Waals surface area contributed by atoms with Gasteiger partial charge in [-0.1, -0.05) is 5.16 Å². The van der Waals surface area contributed by atoms with Crippen molar-refractivity contribution in [1.82, 2.24) is 5.32 Å². The highest BCUT2D eigenvalue weighted by Gasteiger charge is 2.24. The summed E-state index contributed by atoms with van der Waals surface area (Å²) < 4.78 is 5.78. The Hall–Kier alpha value is -3.43. The van der Waals surface area contributed by atoms with Crippen molar-refractivity contribution in [2.75, 3.05) is 31.4 Å². The van der Waals surface area contributed by atoms with Crippen LogP contribution in [-0.2, 0) is 9.63 Å². The van der Waals surface area contributed by atoms with Gasteiger partial charge in [-0.15, -0.1) is 0 Å². The van der Waals surface area contributed by atoms with Crippen molar-refractivity contribution in [2.24, 2.45) is 5.16 Å². The maximum atomic E-state index is 11.1. The van der Waals surface area contributed by atoms with Crippen molar-refractivity contribution in [2.45, 2.75) is 26.9 Å². The number of aldehydes is 1. The van der Waals surface area contributed by atoms with Crippen LogP contribution in [0.15, 0.2) is 35.5 Å². The molecule has 0 bridgehead atoms. The average Bonchev–Trinajstić information content (AvgIpc) is 3.26. The molecule has 1 unspecified atom stereocenters. The highest BCUT2D eigenvalue weighted by atomic mass is 16.7. The van der Waals surface area contributed by atoms with Crippen LogP contribution in [0, 0.1) is 20.8 Å². The van der Waals surface area contributed by atoms with Crippen LogP contribution in [0.2, 0.25) is 0 Å². The monoisotopic (exact) mass is 441 g/mol. The maximum Gasteiger partial charge on any atom is 0.245 e. The van der Waals surface area contributed by atoms with Gasteiger partial charge in [0.1, 0.15) is 31.4 Å². The third kappa shape index (κ3) is 5.24. The largest absolute Gasteiger partial charge is 0.490 e. The SMILES string of the molecule is Cc1cc(N2CON=C2c2cc(C)c(OCC(O)CNC(=O)CO)c(C)c2)ccc1C=O. The first-order chi connectivity index (χ1) is 15.3. The van der Waals surface area contributed by atoms with Crippen molar-refractivity contribution < 1.29 is 29.4 Å². The molecule has 0 aromatic heterocycles. The Morgan fingerprint density at radius 1 is 1.25 bits per heavy atom. The first-order valence-electron chi connectivity index (χ1n) is 10.2. The molecule has 0 saturated carbocycles. The van der Waals surface area contributed by atoms with E-state index >= 15 is 0 Å². The van der Waals surface area contributed by atoms with Gasteiger partial charge < -0.3 is 25.1 Å². The topological polar surface area (TPSA) is 121 Å². The number of anilines is 1. The van der Waals surface area contributed by atoms with Crippen LogP contribution in [0.4, 0.5) is 5.69 Å². The molecule has 1 atom stereocenters. The summed E-state index contributed by atoms with van der Waals surface area (Å²) in [6.45, 7) is 5.29. The Labute approximate surface area is 186 Å². The van der Waals surface area contributed by atoms with E-state index in [1.165, 1.54) is 0 Å². The lowest BCUT2D eigenvalue weighted by Gasteiger charge is -2.21. The number of aliphatic hydroxyl groups is 2. The van der Waals surface area contributed by atoms with Crippen molar-refractivity contribution in [1.29, 1.82) is 0 Å². The highest BCUT2D eigenvalue weighted by Crippen LogP contribution is 2.29. The second kappa shape index (κ2) is 10.3. The normalized spacial score (nSPS) is 13.9. The minimum Gasteiger partial charge on any atom is -0.490 e. The highest BCUT2D eigenvalue weighted by molar-refractivity contribution is 6.10. The maximum absolute atomic E-state index is 11.1. The summed E-state index contributed by atoms with van der Waals surface area (Å²) in [7, 11) is 0. The van der Waals surface area contributed by atoms with Gasteiger partial charge in [0, 0.05) is 23.4 Å². The number of hydrogen-bond acceptors (Lipinski definition) is 8. The summed E-state index contributed by atoms with van der Waals surface area (Å²) in [5, 5.41) is 25.3. The van der Waals surface area contributed by atoms with E-state index in [0.29, 0.717) is 17.1 Å². The number of nitrogens with zero attached hydrogens (tertiary/aromatic N) is 2. The second-order valence-corrected chi connectivity index (χ2v) is 7.63. The fraction of sp³-hybridized carbons (Fsp3) is 0.348. The van der Waals surface area contributed by atoms with Gasteiger partial charge in [0.2, 0.25) is 5.91 Å². The molecule has 1 heterocycles. The van der Waals surface area contributed by atoms with Gasteiger partial charge in [-0.3, -0.25) is 14.5 Å². The van der Waals surface area contributed by atoms with Gasteiger partial charge in [-0.25, -0.2) is 0 Å². The van der Waals surface area contributed by atoms with Crippen molar-refractivity contribution in [3.05, 3.63) is 58.1 Å². The molecule has 1 aliphatic rings. The van der Waals surface area contributed by atoms with Gasteiger partial charge in [0.25, 0.3) is 0 Å². The molecule has 170 valence electrons. The van der Waals surface area contributed by atoms with Crippen molar-refractivity contribution >= 4 is 23.7 Å². The number of nitrogens with one attached hydrogen (secondary N) is 1. The molecule has 1 amide bonds. The lowest BCUT2D eigenvalue weighted by molar-refractivity contribution is -0.124. The molecule has 9 nitrogen and oxygen atoms in total. The van der Waals surface area contributed by atoms with Crippen LogP contribution < -0.4 is 15.0 Å². The lowest BCUT2D eigenvalue weighted by atomic mass is 10.0. The number of amidine groups is 1. The number of ether oxygens (including phenoxy) is 1. The first kappa shape index (κ1) is 23.2. The van der Waals surface area contributed by atoms with Crippen LogP contribution in [0.25, 0.3) is 0 Å². The Kier molecular flexibility index (Phi) is 7.45. The summed E-state index contributed by atoms with van der Waals surface area (Å²) in [6, 6.07) is 9.40. The van der Waals surface area contributed by atoms with E-state index in [9.17, 15) is 14.7 Å². The fourth-order valence-corrected chi connectivity index (χ4v) is 3.46. The number of aryl methyl sites for hydroxylation is 3. The van der Waals surface area contributed by atoms with E-state index in [4.69, 9.17) is 14.7 Å². The molecule has 0 spiro atoms. The number of benzene rings is 2. The molecule has 0 saturated heterocycles. The lowest BCUT2D eigenvalue weighted by Crippen LogP contribution is -2.36. The van der Waals surface area contributed by atoms with Gasteiger partial charge in [0.05, 0.1) is 0 Å². The van der Waals surface area contributed by atoms with Crippen molar-refractivity contribution in [3.8, 4) is 5.75 Å². The number of carbonyl (C=O) groups excluding carboxylic acids is 2. The minimum atomic E-state index is -0.912. The fourth-order valence-electron chi connectivity index (χ4n) is 3.46. The summed E-state index contributed by atoms with van der Waals surface area (Å²) in [5.74, 6) is 0.729.